The maximum Gasteiger partial charge on any atom is 0.229 e. The van der Waals surface area contributed by atoms with Crippen molar-refractivity contribution in [3.05, 3.63) is 51.2 Å². The highest BCUT2D eigenvalue weighted by molar-refractivity contribution is 5.43. The first-order valence-corrected chi connectivity index (χ1v) is 12.5. The molecule has 12 nitrogen and oxygen atoms in total. The van der Waals surface area contributed by atoms with E-state index in [0.29, 0.717) is 12.0 Å². The lowest BCUT2D eigenvalue weighted by atomic mass is 9.98. The van der Waals surface area contributed by atoms with Crippen LogP contribution in [-0.4, -0.2) is 110 Å². The third-order valence-corrected chi connectivity index (χ3v) is 7.64. The SMILES string of the molecule is C=C(C)C1Cc2ccc(OC3OC(COC4OC(CO)C(O)C(O)C4O)C(O)C(O)C3O)c(=O)c(C)c2C1. The van der Waals surface area contributed by atoms with E-state index < -0.39 is 80.1 Å². The maximum atomic E-state index is 13.2. The van der Waals surface area contributed by atoms with Crippen LogP contribution in [-0.2, 0) is 27.1 Å². The van der Waals surface area contributed by atoms with Gasteiger partial charge in [-0.2, -0.15) is 0 Å². The summed E-state index contributed by atoms with van der Waals surface area (Å²) in [6.07, 6.45) is -14.1. The Morgan fingerprint density at radius 3 is 2.16 bits per heavy atom. The van der Waals surface area contributed by atoms with Gasteiger partial charge in [-0.3, -0.25) is 4.79 Å². The average molecular weight is 541 g/mol. The minimum atomic E-state index is -1.73. The third kappa shape index (κ3) is 5.52. The molecular weight excluding hydrogens is 504 g/mol. The molecule has 1 aromatic carbocycles. The number of hydrogen-bond donors (Lipinski definition) is 7. The fourth-order valence-corrected chi connectivity index (χ4v) is 5.09. The minimum Gasteiger partial charge on any atom is -0.458 e. The van der Waals surface area contributed by atoms with Gasteiger partial charge >= 0.3 is 0 Å². The Morgan fingerprint density at radius 2 is 1.53 bits per heavy atom. The summed E-state index contributed by atoms with van der Waals surface area (Å²) in [6.45, 7) is 6.51. The molecule has 1 aliphatic carbocycles. The summed E-state index contributed by atoms with van der Waals surface area (Å²) < 4.78 is 22.0. The van der Waals surface area contributed by atoms with E-state index in [1.54, 1.807) is 13.0 Å². The van der Waals surface area contributed by atoms with Gasteiger partial charge in [-0.05, 0) is 49.8 Å². The molecule has 1 aromatic rings. The molecule has 2 aliphatic heterocycles. The van der Waals surface area contributed by atoms with Crippen LogP contribution in [0.5, 0.6) is 5.75 Å². The second-order valence-corrected chi connectivity index (χ2v) is 10.3. The highest BCUT2D eigenvalue weighted by Gasteiger charge is 2.48. The lowest BCUT2D eigenvalue weighted by molar-refractivity contribution is -0.323. The molecule has 12 heteroatoms. The zero-order valence-corrected chi connectivity index (χ0v) is 21.2. The molecule has 2 fully saturated rings. The monoisotopic (exact) mass is 540 g/mol. The van der Waals surface area contributed by atoms with Gasteiger partial charge < -0.3 is 54.7 Å². The van der Waals surface area contributed by atoms with E-state index in [1.165, 1.54) is 6.07 Å². The summed E-state index contributed by atoms with van der Waals surface area (Å²) in [5, 5.41) is 70.7. The summed E-state index contributed by atoms with van der Waals surface area (Å²) in [6, 6.07) is 3.27. The van der Waals surface area contributed by atoms with E-state index >= 15 is 0 Å². The molecule has 0 spiro atoms. The molecule has 11 unspecified atom stereocenters. The van der Waals surface area contributed by atoms with Gasteiger partial charge in [0, 0.05) is 5.56 Å². The van der Waals surface area contributed by atoms with Crippen molar-refractivity contribution in [2.75, 3.05) is 13.2 Å². The summed E-state index contributed by atoms with van der Waals surface area (Å²) >= 11 is 0. The lowest BCUT2D eigenvalue weighted by Gasteiger charge is -2.42. The molecule has 4 rings (SSSR count). The Hall–Kier alpha value is -1.97. The highest BCUT2D eigenvalue weighted by atomic mass is 16.7. The van der Waals surface area contributed by atoms with Crippen LogP contribution in [0, 0.1) is 12.8 Å². The Kier molecular flexibility index (Phi) is 8.89. The van der Waals surface area contributed by atoms with Crippen LogP contribution >= 0.6 is 0 Å². The molecule has 2 heterocycles. The highest BCUT2D eigenvalue weighted by Crippen LogP contribution is 2.33. The standard InChI is InChI=1S/C26H36O12/c1-10(2)13-6-12-4-5-15(18(28)11(3)14(12)7-13)36-26-24(34)22(32)20(30)17(38-26)9-35-25-23(33)21(31)19(29)16(8-27)37-25/h4-5,13,16-17,19-27,29-34H,1,6-9H2,2-3H3. The van der Waals surface area contributed by atoms with Crippen molar-refractivity contribution in [1.82, 2.24) is 0 Å². The molecule has 212 valence electrons. The van der Waals surface area contributed by atoms with Crippen molar-refractivity contribution in [2.45, 2.75) is 88.1 Å². The van der Waals surface area contributed by atoms with Crippen molar-refractivity contribution < 1.29 is 54.7 Å². The van der Waals surface area contributed by atoms with Crippen molar-refractivity contribution in [1.29, 1.82) is 0 Å². The molecule has 0 saturated carbocycles. The van der Waals surface area contributed by atoms with Crippen molar-refractivity contribution in [3.63, 3.8) is 0 Å². The van der Waals surface area contributed by atoms with E-state index in [1.807, 2.05) is 6.92 Å². The number of aliphatic hydroxyl groups excluding tert-OH is 7. The van der Waals surface area contributed by atoms with Crippen molar-refractivity contribution in [3.8, 4) is 5.75 Å². The van der Waals surface area contributed by atoms with Crippen LogP contribution in [0.15, 0.2) is 29.1 Å². The normalized spacial score (nSPS) is 39.0. The van der Waals surface area contributed by atoms with Crippen LogP contribution in [0.25, 0.3) is 0 Å². The molecule has 38 heavy (non-hydrogen) atoms. The zero-order valence-electron chi connectivity index (χ0n) is 21.2. The average Bonchev–Trinajstić information content (AvgIpc) is 3.29. The summed E-state index contributed by atoms with van der Waals surface area (Å²) in [5.41, 5.74) is 3.05. The van der Waals surface area contributed by atoms with Gasteiger partial charge in [0.25, 0.3) is 0 Å². The zero-order chi connectivity index (χ0) is 27.9. The molecule has 0 radical (unpaired) electrons. The number of fused-ring (bicyclic) bond motifs is 1. The largest absolute Gasteiger partial charge is 0.458 e. The Morgan fingerprint density at radius 1 is 0.921 bits per heavy atom. The number of aliphatic hydroxyl groups is 7. The quantitative estimate of drug-likeness (QED) is 0.182. The maximum absolute atomic E-state index is 13.2. The first kappa shape index (κ1) is 29.0. The fraction of sp³-hybridized carbons (Fsp3) is 0.654. The van der Waals surface area contributed by atoms with E-state index in [4.69, 9.17) is 18.9 Å². The summed E-state index contributed by atoms with van der Waals surface area (Å²) in [7, 11) is 0. The lowest BCUT2D eigenvalue weighted by Crippen LogP contribution is -2.62. The second kappa shape index (κ2) is 11.6. The molecule has 11 atom stereocenters. The van der Waals surface area contributed by atoms with E-state index in [-0.39, 0.29) is 11.7 Å². The van der Waals surface area contributed by atoms with Gasteiger partial charge in [-0.25, -0.2) is 0 Å². The smallest absolute Gasteiger partial charge is 0.229 e. The molecule has 3 aliphatic rings. The molecule has 2 saturated heterocycles. The number of hydrogen-bond acceptors (Lipinski definition) is 12. The predicted octanol–water partition coefficient (Wildman–Crippen LogP) is -2.35. The van der Waals surface area contributed by atoms with Crippen molar-refractivity contribution in [2.24, 2.45) is 5.92 Å². The number of ether oxygens (including phenoxy) is 4. The first-order chi connectivity index (χ1) is 17.9. The summed E-state index contributed by atoms with van der Waals surface area (Å²) in [5.74, 6) is 0.143. The molecule has 0 amide bonds. The Labute approximate surface area is 219 Å². The van der Waals surface area contributed by atoms with Crippen molar-refractivity contribution >= 4 is 0 Å². The van der Waals surface area contributed by atoms with Gasteiger partial charge in [0.1, 0.15) is 48.8 Å². The second-order valence-electron chi connectivity index (χ2n) is 10.3. The fourth-order valence-electron chi connectivity index (χ4n) is 5.09. The van der Waals surface area contributed by atoms with Gasteiger partial charge in [-0.1, -0.05) is 18.2 Å². The van der Waals surface area contributed by atoms with E-state index in [2.05, 4.69) is 6.58 Å². The van der Waals surface area contributed by atoms with Gasteiger partial charge in [0.05, 0.1) is 13.2 Å². The first-order valence-electron chi connectivity index (χ1n) is 12.5. The van der Waals surface area contributed by atoms with Gasteiger partial charge in [-0.15, -0.1) is 0 Å². The van der Waals surface area contributed by atoms with Crippen LogP contribution in [0.4, 0.5) is 0 Å². The minimum absolute atomic E-state index is 0.106. The van der Waals surface area contributed by atoms with Crippen LogP contribution in [0.1, 0.15) is 23.6 Å². The van der Waals surface area contributed by atoms with Gasteiger partial charge in [0.15, 0.2) is 12.0 Å². The van der Waals surface area contributed by atoms with E-state index in [9.17, 15) is 40.5 Å². The number of allylic oxidation sites excluding steroid dienone is 1. The van der Waals surface area contributed by atoms with Crippen LogP contribution in [0.2, 0.25) is 0 Å². The molecule has 0 aromatic heterocycles. The molecule has 7 N–H and O–H groups in total. The Bertz CT molecular complexity index is 1080. The van der Waals surface area contributed by atoms with Crippen LogP contribution in [0.3, 0.4) is 0 Å². The van der Waals surface area contributed by atoms with E-state index in [0.717, 1.165) is 23.1 Å². The predicted molar refractivity (Wildman–Crippen MR) is 130 cm³/mol. The molecule has 0 bridgehead atoms. The molecular formula is C26H36O12. The topological polar surface area (TPSA) is 196 Å². The van der Waals surface area contributed by atoms with Crippen LogP contribution < -0.4 is 10.2 Å². The third-order valence-electron chi connectivity index (χ3n) is 7.64. The Balaban J connectivity index is 1.48. The summed E-state index contributed by atoms with van der Waals surface area (Å²) in [4.78, 5) is 13.2. The van der Waals surface area contributed by atoms with Gasteiger partial charge in [0.2, 0.25) is 11.7 Å². The number of rotatable bonds is 7.